The van der Waals surface area contributed by atoms with Crippen LogP contribution >= 0.6 is 23.4 Å². The van der Waals surface area contributed by atoms with Gasteiger partial charge in [-0.05, 0) is 61.0 Å². The van der Waals surface area contributed by atoms with Crippen molar-refractivity contribution >= 4 is 40.2 Å². The Labute approximate surface area is 199 Å². The average molecular weight is 475 g/mol. The molecule has 4 aromatic rings. The molecule has 0 radical (unpaired) electrons. The molecule has 0 saturated heterocycles. The van der Waals surface area contributed by atoms with Gasteiger partial charge in [-0.2, -0.15) is 5.26 Å². The summed E-state index contributed by atoms with van der Waals surface area (Å²) in [5.74, 6) is -0.118. The molecule has 0 fully saturated rings. The molecule has 1 aromatic heterocycles. The molecule has 0 bridgehead atoms. The molecule has 1 heterocycles. The van der Waals surface area contributed by atoms with Gasteiger partial charge in [0.2, 0.25) is 5.91 Å². The third-order valence-corrected chi connectivity index (χ3v) is 6.23. The normalized spacial score (nSPS) is 11.7. The van der Waals surface area contributed by atoms with Gasteiger partial charge in [-0.3, -0.25) is 14.2 Å². The van der Waals surface area contributed by atoms with E-state index in [4.69, 9.17) is 16.9 Å². The van der Waals surface area contributed by atoms with Crippen LogP contribution in [0.25, 0.3) is 16.6 Å². The van der Waals surface area contributed by atoms with Crippen LogP contribution in [0.15, 0.2) is 82.7 Å². The Kier molecular flexibility index (Phi) is 6.78. The molecular formula is C25H19ClN4O2S. The summed E-state index contributed by atoms with van der Waals surface area (Å²) < 4.78 is 1.47. The zero-order valence-corrected chi connectivity index (χ0v) is 19.2. The number of nitrogens with zero attached hydrogens (tertiary/aromatic N) is 3. The van der Waals surface area contributed by atoms with E-state index in [0.717, 1.165) is 5.56 Å². The van der Waals surface area contributed by atoms with Crippen LogP contribution < -0.4 is 10.9 Å². The predicted octanol–water partition coefficient (Wildman–Crippen LogP) is 4.88. The summed E-state index contributed by atoms with van der Waals surface area (Å²) in [5, 5.41) is 13.5. The van der Waals surface area contributed by atoms with Gasteiger partial charge < -0.3 is 5.32 Å². The molecule has 164 valence electrons. The molecule has 0 saturated carbocycles. The number of hydrogen-bond acceptors (Lipinski definition) is 5. The maximum absolute atomic E-state index is 13.3. The zero-order chi connectivity index (χ0) is 23.4. The lowest BCUT2D eigenvalue weighted by molar-refractivity contribution is -0.119. The number of para-hydroxylation sites is 1. The van der Waals surface area contributed by atoms with Crippen LogP contribution in [0.1, 0.15) is 24.1 Å². The number of carbonyl (C=O) groups is 1. The van der Waals surface area contributed by atoms with Crippen molar-refractivity contribution in [1.29, 1.82) is 5.26 Å². The molecule has 0 aliphatic rings. The number of hydrogen-bond donors (Lipinski definition) is 1. The number of nitrogens with one attached hydrogen (secondary N) is 1. The first kappa shape index (κ1) is 22.6. The summed E-state index contributed by atoms with van der Waals surface area (Å²) in [7, 11) is 0. The van der Waals surface area contributed by atoms with Gasteiger partial charge in [0.25, 0.3) is 5.56 Å². The van der Waals surface area contributed by atoms with Crippen molar-refractivity contribution in [2.75, 3.05) is 5.75 Å². The number of halogens is 1. The van der Waals surface area contributed by atoms with Gasteiger partial charge in [0.15, 0.2) is 5.16 Å². The number of aromatic nitrogens is 2. The fraction of sp³-hybridized carbons (Fsp3) is 0.120. The highest BCUT2D eigenvalue weighted by molar-refractivity contribution is 7.99. The van der Waals surface area contributed by atoms with Crippen molar-refractivity contribution in [3.63, 3.8) is 0 Å². The van der Waals surface area contributed by atoms with Crippen molar-refractivity contribution in [2.45, 2.75) is 18.1 Å². The molecule has 1 N–H and O–H groups in total. The van der Waals surface area contributed by atoms with E-state index in [1.54, 1.807) is 48.5 Å². The summed E-state index contributed by atoms with van der Waals surface area (Å²) in [6, 6.07) is 22.9. The van der Waals surface area contributed by atoms with Crippen molar-refractivity contribution < 1.29 is 4.79 Å². The predicted molar refractivity (Wildman–Crippen MR) is 131 cm³/mol. The van der Waals surface area contributed by atoms with E-state index in [-0.39, 0.29) is 23.3 Å². The van der Waals surface area contributed by atoms with Gasteiger partial charge in [0, 0.05) is 5.02 Å². The second kappa shape index (κ2) is 9.90. The summed E-state index contributed by atoms with van der Waals surface area (Å²) in [4.78, 5) is 30.6. The molecule has 0 aliphatic heterocycles. The standard InChI is InChI=1S/C25H19ClN4O2S/c1-16(18-5-4-6-19(26)13-18)28-23(31)15-33-25-29-22-8-3-2-7-21(22)24(32)30(25)20-11-9-17(14-27)10-12-20/h2-13,16H,15H2,1H3,(H,28,31). The lowest BCUT2D eigenvalue weighted by Gasteiger charge is -2.16. The van der Waals surface area contributed by atoms with Crippen LogP contribution in [-0.2, 0) is 4.79 Å². The fourth-order valence-corrected chi connectivity index (χ4v) is 4.42. The van der Waals surface area contributed by atoms with E-state index in [1.807, 2.05) is 31.2 Å². The summed E-state index contributed by atoms with van der Waals surface area (Å²) >= 11 is 7.23. The summed E-state index contributed by atoms with van der Waals surface area (Å²) in [6.45, 7) is 1.88. The van der Waals surface area contributed by atoms with Crippen LogP contribution in [0.4, 0.5) is 0 Å². The first-order valence-electron chi connectivity index (χ1n) is 10.2. The highest BCUT2D eigenvalue weighted by atomic mass is 35.5. The van der Waals surface area contributed by atoms with Crippen molar-refractivity contribution in [3.05, 3.63) is 99.3 Å². The highest BCUT2D eigenvalue weighted by Gasteiger charge is 2.16. The number of amides is 1. The second-order valence-corrected chi connectivity index (χ2v) is 8.72. The number of carbonyl (C=O) groups excluding carboxylic acids is 1. The number of thioether (sulfide) groups is 1. The third kappa shape index (κ3) is 5.08. The minimum absolute atomic E-state index is 0.0754. The average Bonchev–Trinajstić information content (AvgIpc) is 2.83. The van der Waals surface area contributed by atoms with E-state index in [2.05, 4.69) is 16.4 Å². The van der Waals surface area contributed by atoms with Gasteiger partial charge in [-0.25, -0.2) is 4.98 Å². The molecular weight excluding hydrogens is 456 g/mol. The van der Waals surface area contributed by atoms with E-state index >= 15 is 0 Å². The Hall–Kier alpha value is -3.60. The van der Waals surface area contributed by atoms with E-state index in [1.165, 1.54) is 16.3 Å². The SMILES string of the molecule is CC(NC(=O)CSc1nc2ccccc2c(=O)n1-c1ccc(C#N)cc1)c1cccc(Cl)c1. The fourth-order valence-electron chi connectivity index (χ4n) is 3.39. The van der Waals surface area contributed by atoms with Gasteiger partial charge >= 0.3 is 0 Å². The van der Waals surface area contributed by atoms with Crippen LogP contribution in [0.5, 0.6) is 0 Å². The molecule has 0 spiro atoms. The number of nitriles is 1. The smallest absolute Gasteiger partial charge is 0.266 e. The molecule has 8 heteroatoms. The van der Waals surface area contributed by atoms with Crippen LogP contribution in [-0.4, -0.2) is 21.2 Å². The molecule has 0 aliphatic carbocycles. The van der Waals surface area contributed by atoms with Crippen LogP contribution in [0.2, 0.25) is 5.02 Å². The van der Waals surface area contributed by atoms with Gasteiger partial charge in [-0.15, -0.1) is 0 Å². The summed E-state index contributed by atoms with van der Waals surface area (Å²) in [6.07, 6.45) is 0. The Morgan fingerprint density at radius 1 is 1.15 bits per heavy atom. The molecule has 3 aromatic carbocycles. The zero-order valence-electron chi connectivity index (χ0n) is 17.7. The van der Waals surface area contributed by atoms with Gasteiger partial charge in [0.05, 0.1) is 40.0 Å². The maximum Gasteiger partial charge on any atom is 0.266 e. The van der Waals surface area contributed by atoms with Gasteiger partial charge in [0.1, 0.15) is 0 Å². The largest absolute Gasteiger partial charge is 0.349 e. The first-order valence-corrected chi connectivity index (χ1v) is 11.5. The highest BCUT2D eigenvalue weighted by Crippen LogP contribution is 2.22. The van der Waals surface area contributed by atoms with Crippen molar-refractivity contribution in [2.24, 2.45) is 0 Å². The van der Waals surface area contributed by atoms with Crippen molar-refractivity contribution in [1.82, 2.24) is 14.9 Å². The topological polar surface area (TPSA) is 87.8 Å². The van der Waals surface area contributed by atoms with Gasteiger partial charge in [-0.1, -0.05) is 47.6 Å². The lowest BCUT2D eigenvalue weighted by atomic mass is 10.1. The molecule has 33 heavy (non-hydrogen) atoms. The Balaban J connectivity index is 1.61. The molecule has 1 atom stereocenters. The quantitative estimate of drug-likeness (QED) is 0.318. The first-order chi connectivity index (χ1) is 16.0. The Morgan fingerprint density at radius 3 is 2.64 bits per heavy atom. The van der Waals surface area contributed by atoms with E-state index in [0.29, 0.717) is 32.3 Å². The number of rotatable bonds is 6. The van der Waals surface area contributed by atoms with Crippen molar-refractivity contribution in [3.8, 4) is 11.8 Å². The Morgan fingerprint density at radius 2 is 1.91 bits per heavy atom. The van der Waals surface area contributed by atoms with Crippen LogP contribution in [0.3, 0.4) is 0 Å². The Bertz CT molecular complexity index is 1430. The summed E-state index contributed by atoms with van der Waals surface area (Å²) in [5.41, 5.74) is 2.29. The van der Waals surface area contributed by atoms with E-state index < -0.39 is 0 Å². The van der Waals surface area contributed by atoms with E-state index in [9.17, 15) is 9.59 Å². The maximum atomic E-state index is 13.3. The second-order valence-electron chi connectivity index (χ2n) is 7.34. The number of benzene rings is 3. The lowest BCUT2D eigenvalue weighted by Crippen LogP contribution is -2.29. The molecule has 4 rings (SSSR count). The molecule has 1 amide bonds. The minimum Gasteiger partial charge on any atom is -0.349 e. The molecule has 1 unspecified atom stereocenters. The monoisotopic (exact) mass is 474 g/mol. The third-order valence-electron chi connectivity index (χ3n) is 5.06. The molecule has 6 nitrogen and oxygen atoms in total. The van der Waals surface area contributed by atoms with Crippen LogP contribution in [0, 0.1) is 11.3 Å². The minimum atomic E-state index is -0.236. The number of fused-ring (bicyclic) bond motifs is 1.